The molecule has 1 fully saturated rings. The molecule has 0 saturated carbocycles. The number of nitrogens with zero attached hydrogens (tertiary/aromatic N) is 1. The first-order valence-electron chi connectivity index (χ1n) is 15.4. The Balaban J connectivity index is 1.26. The molecule has 0 aliphatic carbocycles. The first kappa shape index (κ1) is 32.2. The molecule has 236 valence electrons. The minimum Gasteiger partial charge on any atom is -0.491 e. The number of para-hydroxylation sites is 1. The highest BCUT2D eigenvalue weighted by Crippen LogP contribution is 2.30. The van der Waals surface area contributed by atoms with Gasteiger partial charge in [0.05, 0.1) is 24.8 Å². The van der Waals surface area contributed by atoms with E-state index in [1.165, 1.54) is 7.11 Å². The summed E-state index contributed by atoms with van der Waals surface area (Å²) >= 11 is 0. The predicted octanol–water partition coefficient (Wildman–Crippen LogP) is 5.42. The fraction of sp³-hybridized carbons (Fsp3) is 0.270. The fourth-order valence-corrected chi connectivity index (χ4v) is 5.63. The summed E-state index contributed by atoms with van der Waals surface area (Å²) in [5.41, 5.74) is 4.00. The van der Waals surface area contributed by atoms with Crippen molar-refractivity contribution in [3.63, 3.8) is 0 Å². The zero-order chi connectivity index (χ0) is 32.1. The number of nitriles is 1. The number of morpholine rings is 1. The molecule has 0 spiro atoms. The number of anilines is 1. The average molecular weight is 619 g/mol. The molecule has 1 heterocycles. The van der Waals surface area contributed by atoms with Crippen LogP contribution in [0.3, 0.4) is 0 Å². The smallest absolute Gasteiger partial charge is 0.407 e. The number of hydrogen-bond donors (Lipinski definition) is 3. The van der Waals surface area contributed by atoms with Gasteiger partial charge >= 0.3 is 6.09 Å². The molecular weight excluding hydrogens is 580 g/mol. The highest BCUT2D eigenvalue weighted by atomic mass is 16.5. The van der Waals surface area contributed by atoms with Crippen LogP contribution >= 0.6 is 0 Å². The van der Waals surface area contributed by atoms with Gasteiger partial charge in [-0.15, -0.1) is 0 Å². The standard InChI is InChI=1S/C37H38N4O5/c1-44-37(43)41-35(34(28-11-4-2-5-12-28)29-13-6-3-7-14-29)36(42)40-33-15-9-8-10-27(33)18-21-31-23-39-24-32(46-31)25-45-30-19-16-26(22-38)17-20-30/h2-17,19-20,31-32,34-35,39H,18,21,23-25H2,1H3,(H,40,42)(H,41,43)/t31-,32-,35?/m0/s1. The van der Waals surface area contributed by atoms with E-state index in [1.807, 2.05) is 84.9 Å². The second-order valence-corrected chi connectivity index (χ2v) is 11.1. The van der Waals surface area contributed by atoms with Crippen LogP contribution in [0.5, 0.6) is 5.75 Å². The number of nitrogens with one attached hydrogen (secondary N) is 3. The molecule has 5 rings (SSSR count). The van der Waals surface area contributed by atoms with Crippen LogP contribution in [0, 0.1) is 11.3 Å². The van der Waals surface area contributed by atoms with E-state index in [0.717, 1.165) is 23.1 Å². The molecule has 1 saturated heterocycles. The number of aryl methyl sites for hydroxylation is 1. The summed E-state index contributed by atoms with van der Waals surface area (Å²) in [5.74, 6) is -0.124. The predicted molar refractivity (Wildman–Crippen MR) is 176 cm³/mol. The number of amides is 2. The third-order valence-electron chi connectivity index (χ3n) is 7.95. The van der Waals surface area contributed by atoms with E-state index < -0.39 is 18.1 Å². The van der Waals surface area contributed by atoms with Gasteiger partial charge in [-0.3, -0.25) is 4.79 Å². The van der Waals surface area contributed by atoms with Gasteiger partial charge in [-0.25, -0.2) is 4.79 Å². The molecule has 4 aromatic rings. The lowest BCUT2D eigenvalue weighted by Crippen LogP contribution is -2.48. The van der Waals surface area contributed by atoms with Crippen molar-refractivity contribution in [2.45, 2.75) is 37.0 Å². The summed E-state index contributed by atoms with van der Waals surface area (Å²) in [7, 11) is 1.28. The van der Waals surface area contributed by atoms with Crippen molar-refractivity contribution in [1.82, 2.24) is 10.6 Å². The maximum absolute atomic E-state index is 14.0. The number of benzene rings is 4. The van der Waals surface area contributed by atoms with E-state index in [-0.39, 0.29) is 18.1 Å². The number of hydrogen-bond acceptors (Lipinski definition) is 7. The second-order valence-electron chi connectivity index (χ2n) is 11.1. The Kier molecular flexibility index (Phi) is 11.4. The Morgan fingerprint density at radius 1 is 0.891 bits per heavy atom. The first-order chi connectivity index (χ1) is 22.5. The van der Waals surface area contributed by atoms with Gasteiger partial charge in [0, 0.05) is 24.7 Å². The number of alkyl carbamates (subject to hydrolysis) is 1. The van der Waals surface area contributed by atoms with E-state index in [9.17, 15) is 9.59 Å². The maximum Gasteiger partial charge on any atom is 0.407 e. The normalized spacial score (nSPS) is 16.5. The Morgan fingerprint density at radius 2 is 1.52 bits per heavy atom. The molecule has 46 heavy (non-hydrogen) atoms. The first-order valence-corrected chi connectivity index (χ1v) is 15.4. The molecule has 3 atom stereocenters. The zero-order valence-electron chi connectivity index (χ0n) is 25.7. The van der Waals surface area contributed by atoms with Crippen molar-refractivity contribution < 1.29 is 23.8 Å². The van der Waals surface area contributed by atoms with E-state index in [1.54, 1.807) is 24.3 Å². The minimum absolute atomic E-state index is 0.0404. The molecule has 1 aliphatic heterocycles. The monoisotopic (exact) mass is 618 g/mol. The SMILES string of the molecule is COC(=O)NC(C(=O)Nc1ccccc1CC[C@H]1CNC[C@@H](COc2ccc(C#N)cc2)O1)C(c1ccccc1)c1ccccc1. The fourth-order valence-electron chi connectivity index (χ4n) is 5.63. The highest BCUT2D eigenvalue weighted by molar-refractivity contribution is 5.98. The summed E-state index contributed by atoms with van der Waals surface area (Å²) in [6.45, 7) is 1.78. The number of ether oxygens (including phenoxy) is 3. The largest absolute Gasteiger partial charge is 0.491 e. The number of methoxy groups -OCH3 is 1. The molecule has 3 N–H and O–H groups in total. The summed E-state index contributed by atoms with van der Waals surface area (Å²) < 4.78 is 17.2. The van der Waals surface area contributed by atoms with Crippen molar-refractivity contribution >= 4 is 17.7 Å². The van der Waals surface area contributed by atoms with Crippen LogP contribution in [-0.4, -0.2) is 57.1 Å². The summed E-state index contributed by atoms with van der Waals surface area (Å²) in [6.07, 6.45) is 0.545. The van der Waals surface area contributed by atoms with E-state index in [4.69, 9.17) is 19.5 Å². The van der Waals surface area contributed by atoms with Gasteiger partial charge in [0.25, 0.3) is 0 Å². The van der Waals surface area contributed by atoms with E-state index in [2.05, 4.69) is 22.0 Å². The topological polar surface area (TPSA) is 122 Å². The summed E-state index contributed by atoms with van der Waals surface area (Å²) in [4.78, 5) is 26.5. The molecule has 2 amide bonds. The van der Waals surface area contributed by atoms with E-state index in [0.29, 0.717) is 43.1 Å². The minimum atomic E-state index is -0.951. The molecule has 4 aromatic carbocycles. The number of carbonyl (C=O) groups is 2. The van der Waals surface area contributed by atoms with Gasteiger partial charge in [-0.2, -0.15) is 5.26 Å². The van der Waals surface area contributed by atoms with Crippen LogP contribution in [0.4, 0.5) is 10.5 Å². The summed E-state index contributed by atoms with van der Waals surface area (Å²) in [6, 6.07) is 35.2. The van der Waals surface area contributed by atoms with Gasteiger partial charge in [0.1, 0.15) is 24.5 Å². The second kappa shape index (κ2) is 16.2. The molecule has 9 nitrogen and oxygen atoms in total. The molecular formula is C37H38N4O5. The van der Waals surface area contributed by atoms with Crippen LogP contribution < -0.4 is 20.7 Å². The van der Waals surface area contributed by atoms with Crippen LogP contribution in [-0.2, 0) is 20.7 Å². The Morgan fingerprint density at radius 3 is 2.17 bits per heavy atom. The molecule has 0 radical (unpaired) electrons. The molecule has 0 aromatic heterocycles. The summed E-state index contributed by atoms with van der Waals surface area (Å²) in [5, 5.41) is 18.3. The maximum atomic E-state index is 14.0. The molecule has 0 bridgehead atoms. The van der Waals surface area contributed by atoms with Gasteiger partial charge in [-0.05, 0) is 59.9 Å². The molecule has 1 unspecified atom stereocenters. The third kappa shape index (κ3) is 8.72. The van der Waals surface area contributed by atoms with Crippen molar-refractivity contribution in [3.8, 4) is 11.8 Å². The number of rotatable bonds is 12. The lowest BCUT2D eigenvalue weighted by molar-refractivity contribution is -0.118. The molecule has 9 heteroatoms. The van der Waals surface area contributed by atoms with Crippen molar-refractivity contribution in [3.05, 3.63) is 131 Å². The third-order valence-corrected chi connectivity index (χ3v) is 7.95. The Hall–Kier alpha value is -5.17. The van der Waals surface area contributed by atoms with Gasteiger partial charge in [-0.1, -0.05) is 78.9 Å². The van der Waals surface area contributed by atoms with Crippen molar-refractivity contribution in [1.29, 1.82) is 5.26 Å². The highest BCUT2D eigenvalue weighted by Gasteiger charge is 2.33. The lowest BCUT2D eigenvalue weighted by atomic mass is 9.84. The quantitative estimate of drug-likeness (QED) is 0.194. The lowest BCUT2D eigenvalue weighted by Gasteiger charge is -2.31. The van der Waals surface area contributed by atoms with Crippen LogP contribution in [0.2, 0.25) is 0 Å². The van der Waals surface area contributed by atoms with Crippen LogP contribution in [0.25, 0.3) is 0 Å². The zero-order valence-corrected chi connectivity index (χ0v) is 25.7. The van der Waals surface area contributed by atoms with E-state index >= 15 is 0 Å². The van der Waals surface area contributed by atoms with Gasteiger partial charge < -0.3 is 30.2 Å². The molecule has 1 aliphatic rings. The number of carbonyl (C=O) groups excluding carboxylic acids is 2. The Bertz CT molecular complexity index is 1570. The van der Waals surface area contributed by atoms with Crippen LogP contribution in [0.1, 0.15) is 34.6 Å². The van der Waals surface area contributed by atoms with Gasteiger partial charge in [0.15, 0.2) is 0 Å². The average Bonchev–Trinajstić information content (AvgIpc) is 3.11. The van der Waals surface area contributed by atoms with Crippen molar-refractivity contribution in [2.24, 2.45) is 0 Å². The van der Waals surface area contributed by atoms with Gasteiger partial charge in [0.2, 0.25) is 5.91 Å². The van der Waals surface area contributed by atoms with Crippen molar-refractivity contribution in [2.75, 3.05) is 32.1 Å². The van der Waals surface area contributed by atoms with Crippen LogP contribution in [0.15, 0.2) is 109 Å². The Labute approximate surface area is 269 Å².